The largest absolute Gasteiger partial charge is 0.261 e. The molecule has 0 amide bonds. The molecule has 1 aliphatic heterocycles. The van der Waals surface area contributed by atoms with Gasteiger partial charge in [-0.05, 0) is 85.3 Å². The van der Waals surface area contributed by atoms with E-state index in [-0.39, 0.29) is 0 Å². The van der Waals surface area contributed by atoms with Gasteiger partial charge in [-0.15, -0.1) is 0 Å². The van der Waals surface area contributed by atoms with E-state index in [0.29, 0.717) is 0 Å². The van der Waals surface area contributed by atoms with Gasteiger partial charge in [-0.2, -0.15) is 0 Å². The SMILES string of the molecule is C=C(CCC(=C)c1ccc2c(c1)CCC2)C1=C(C)CCC=N1. The van der Waals surface area contributed by atoms with Crippen LogP contribution in [0.4, 0.5) is 0 Å². The minimum atomic E-state index is 0.944. The lowest BCUT2D eigenvalue weighted by Gasteiger charge is -2.15. The summed E-state index contributed by atoms with van der Waals surface area (Å²) in [7, 11) is 0. The molecule has 0 spiro atoms. The van der Waals surface area contributed by atoms with Crippen molar-refractivity contribution in [3.05, 3.63) is 64.9 Å². The van der Waals surface area contributed by atoms with E-state index in [1.807, 2.05) is 6.21 Å². The lowest BCUT2D eigenvalue weighted by Crippen LogP contribution is -1.98. The molecule has 114 valence electrons. The first kappa shape index (κ1) is 15.0. The van der Waals surface area contributed by atoms with Gasteiger partial charge in [0.05, 0.1) is 5.70 Å². The highest BCUT2D eigenvalue weighted by atomic mass is 14.7. The van der Waals surface area contributed by atoms with E-state index in [2.05, 4.69) is 43.3 Å². The molecule has 3 rings (SSSR count). The predicted octanol–water partition coefficient (Wildman–Crippen LogP) is 5.66. The van der Waals surface area contributed by atoms with Gasteiger partial charge in [0.15, 0.2) is 0 Å². The Kier molecular flexibility index (Phi) is 4.42. The van der Waals surface area contributed by atoms with E-state index in [1.165, 1.54) is 47.1 Å². The Balaban J connectivity index is 1.63. The normalized spacial score (nSPS) is 16.8. The maximum absolute atomic E-state index is 4.53. The average molecular weight is 291 g/mol. The van der Waals surface area contributed by atoms with Gasteiger partial charge < -0.3 is 0 Å². The van der Waals surface area contributed by atoms with Crippen LogP contribution in [0.3, 0.4) is 0 Å². The zero-order valence-electron chi connectivity index (χ0n) is 13.6. The first-order valence-corrected chi connectivity index (χ1v) is 8.35. The third-order valence-electron chi connectivity index (χ3n) is 4.84. The van der Waals surface area contributed by atoms with Crippen molar-refractivity contribution in [2.45, 2.75) is 51.9 Å². The van der Waals surface area contributed by atoms with Crippen molar-refractivity contribution in [1.82, 2.24) is 0 Å². The third-order valence-corrected chi connectivity index (χ3v) is 4.84. The molecule has 0 saturated heterocycles. The highest BCUT2D eigenvalue weighted by Crippen LogP contribution is 2.30. The number of nitrogens with zero attached hydrogens (tertiary/aromatic N) is 1. The van der Waals surface area contributed by atoms with Crippen LogP contribution in [0.5, 0.6) is 0 Å². The van der Waals surface area contributed by atoms with Crippen molar-refractivity contribution in [3.63, 3.8) is 0 Å². The number of hydrogen-bond donors (Lipinski definition) is 0. The summed E-state index contributed by atoms with van der Waals surface area (Å²) in [6.45, 7) is 10.7. The minimum Gasteiger partial charge on any atom is -0.261 e. The molecule has 1 nitrogen and oxygen atoms in total. The second-order valence-electron chi connectivity index (χ2n) is 6.52. The zero-order valence-corrected chi connectivity index (χ0v) is 13.6. The fourth-order valence-electron chi connectivity index (χ4n) is 3.41. The van der Waals surface area contributed by atoms with Crippen LogP contribution in [0.25, 0.3) is 5.57 Å². The van der Waals surface area contributed by atoms with Crippen LogP contribution >= 0.6 is 0 Å². The highest BCUT2D eigenvalue weighted by molar-refractivity contribution is 5.66. The number of aliphatic imine (C=N–C) groups is 1. The molecule has 1 heteroatoms. The van der Waals surface area contributed by atoms with Gasteiger partial charge in [0.2, 0.25) is 0 Å². The van der Waals surface area contributed by atoms with Gasteiger partial charge in [0, 0.05) is 6.21 Å². The van der Waals surface area contributed by atoms with Crippen LogP contribution in [0.2, 0.25) is 0 Å². The molecule has 0 unspecified atom stereocenters. The minimum absolute atomic E-state index is 0.944. The van der Waals surface area contributed by atoms with Crippen LogP contribution in [0, 0.1) is 0 Å². The number of fused-ring (bicyclic) bond motifs is 1. The predicted molar refractivity (Wildman–Crippen MR) is 96.3 cm³/mol. The summed E-state index contributed by atoms with van der Waals surface area (Å²) in [6, 6.07) is 6.87. The number of rotatable bonds is 5. The van der Waals surface area contributed by atoms with E-state index in [0.717, 1.165) is 37.0 Å². The van der Waals surface area contributed by atoms with Gasteiger partial charge in [0.1, 0.15) is 0 Å². The van der Waals surface area contributed by atoms with Gasteiger partial charge in [-0.25, -0.2) is 0 Å². The van der Waals surface area contributed by atoms with E-state index < -0.39 is 0 Å². The lowest BCUT2D eigenvalue weighted by atomic mass is 9.94. The Labute approximate surface area is 134 Å². The van der Waals surface area contributed by atoms with Crippen molar-refractivity contribution >= 4 is 11.8 Å². The molecule has 0 fully saturated rings. The standard InChI is InChI=1S/C21H25N/c1-15(19-12-11-18-7-4-8-20(18)14-19)9-10-17(3)21-16(2)6-5-13-22-21/h11-14H,1,3-10H2,2H3. The number of hydrogen-bond acceptors (Lipinski definition) is 1. The monoisotopic (exact) mass is 291 g/mol. The van der Waals surface area contributed by atoms with Gasteiger partial charge in [0.25, 0.3) is 0 Å². The Morgan fingerprint density at radius 2 is 1.82 bits per heavy atom. The van der Waals surface area contributed by atoms with Crippen molar-refractivity contribution in [3.8, 4) is 0 Å². The number of aryl methyl sites for hydroxylation is 2. The van der Waals surface area contributed by atoms with Crippen molar-refractivity contribution < 1.29 is 0 Å². The fourth-order valence-corrected chi connectivity index (χ4v) is 3.41. The van der Waals surface area contributed by atoms with Gasteiger partial charge in [-0.1, -0.05) is 31.4 Å². The molecule has 1 aliphatic carbocycles. The van der Waals surface area contributed by atoms with E-state index in [4.69, 9.17) is 0 Å². The summed E-state index contributed by atoms with van der Waals surface area (Å²) in [5.74, 6) is 0. The molecule has 0 saturated carbocycles. The van der Waals surface area contributed by atoms with E-state index in [1.54, 1.807) is 0 Å². The summed E-state index contributed by atoms with van der Waals surface area (Å²) in [5, 5.41) is 0. The summed E-state index contributed by atoms with van der Waals surface area (Å²) in [5.41, 5.74) is 9.20. The second kappa shape index (κ2) is 6.48. The maximum atomic E-state index is 4.53. The van der Waals surface area contributed by atoms with Crippen molar-refractivity contribution in [1.29, 1.82) is 0 Å². The second-order valence-corrected chi connectivity index (χ2v) is 6.52. The average Bonchev–Trinajstić information content (AvgIpc) is 3.00. The molecule has 1 aromatic carbocycles. The number of allylic oxidation sites excluding steroid dienone is 3. The quantitative estimate of drug-likeness (QED) is 0.663. The Bertz CT molecular complexity index is 673. The topological polar surface area (TPSA) is 12.4 Å². The van der Waals surface area contributed by atoms with Crippen LogP contribution < -0.4 is 0 Å². The van der Waals surface area contributed by atoms with Crippen LogP contribution in [0.15, 0.2) is 53.2 Å². The fraction of sp³-hybridized carbons (Fsp3) is 0.381. The molecule has 2 aliphatic rings. The van der Waals surface area contributed by atoms with Gasteiger partial charge in [-0.3, -0.25) is 4.99 Å². The summed E-state index contributed by atoms with van der Waals surface area (Å²) in [4.78, 5) is 4.53. The summed E-state index contributed by atoms with van der Waals surface area (Å²) >= 11 is 0. The summed E-state index contributed by atoms with van der Waals surface area (Å²) < 4.78 is 0. The van der Waals surface area contributed by atoms with E-state index in [9.17, 15) is 0 Å². The molecule has 0 radical (unpaired) electrons. The molecule has 0 aromatic heterocycles. The number of benzene rings is 1. The van der Waals surface area contributed by atoms with E-state index >= 15 is 0 Å². The Morgan fingerprint density at radius 3 is 2.64 bits per heavy atom. The Hall–Kier alpha value is -1.89. The maximum Gasteiger partial charge on any atom is 0.0641 e. The molecule has 1 heterocycles. The molecule has 0 atom stereocenters. The van der Waals surface area contributed by atoms with Gasteiger partial charge >= 0.3 is 0 Å². The molecule has 0 N–H and O–H groups in total. The zero-order chi connectivity index (χ0) is 15.5. The molecule has 22 heavy (non-hydrogen) atoms. The highest BCUT2D eigenvalue weighted by Gasteiger charge is 2.13. The lowest BCUT2D eigenvalue weighted by molar-refractivity contribution is 0.911. The third kappa shape index (κ3) is 3.14. The molecule has 0 bridgehead atoms. The van der Waals surface area contributed by atoms with Crippen LogP contribution in [0.1, 0.15) is 55.7 Å². The first-order valence-electron chi connectivity index (χ1n) is 8.35. The molecule has 1 aromatic rings. The Morgan fingerprint density at radius 1 is 1.05 bits per heavy atom. The smallest absolute Gasteiger partial charge is 0.0641 e. The van der Waals surface area contributed by atoms with Crippen molar-refractivity contribution in [2.75, 3.05) is 0 Å². The molecular weight excluding hydrogens is 266 g/mol. The molecular formula is C21H25N. The van der Waals surface area contributed by atoms with Crippen molar-refractivity contribution in [2.24, 2.45) is 4.99 Å². The first-order chi connectivity index (χ1) is 10.6. The van der Waals surface area contributed by atoms with Crippen LogP contribution in [-0.2, 0) is 12.8 Å². The summed E-state index contributed by atoms with van der Waals surface area (Å²) in [6.07, 6.45) is 9.86. The van der Waals surface area contributed by atoms with Crippen LogP contribution in [-0.4, -0.2) is 6.21 Å².